The van der Waals surface area contributed by atoms with Gasteiger partial charge in [-0.3, -0.25) is 4.79 Å². The number of para-hydroxylation sites is 1. The van der Waals surface area contributed by atoms with E-state index in [2.05, 4.69) is 5.32 Å². The van der Waals surface area contributed by atoms with E-state index in [1.54, 1.807) is 22.9 Å². The van der Waals surface area contributed by atoms with Gasteiger partial charge < -0.3 is 10.5 Å². The maximum absolute atomic E-state index is 12.6. The Morgan fingerprint density at radius 1 is 1.07 bits per heavy atom. The van der Waals surface area contributed by atoms with Crippen LogP contribution in [0.2, 0.25) is 0 Å². The van der Waals surface area contributed by atoms with Gasteiger partial charge in [-0.05, 0) is 36.9 Å². The van der Waals surface area contributed by atoms with Crippen molar-refractivity contribution in [1.29, 1.82) is 0 Å². The van der Waals surface area contributed by atoms with Gasteiger partial charge in [0.2, 0.25) is 5.91 Å². The maximum atomic E-state index is 12.6. The number of pyridine rings is 1. The first-order valence-corrected chi connectivity index (χ1v) is 10.4. The predicted octanol–water partition coefficient (Wildman–Crippen LogP) is 4.21. The van der Waals surface area contributed by atoms with Gasteiger partial charge >= 0.3 is 0 Å². The molecule has 4 rings (SSSR count). The lowest BCUT2D eigenvalue weighted by atomic mass is 10.1. The van der Waals surface area contributed by atoms with Crippen LogP contribution in [0.4, 0.5) is 5.82 Å². The fourth-order valence-electron chi connectivity index (χ4n) is 2.94. The second-order valence-electron chi connectivity index (χ2n) is 6.73. The van der Waals surface area contributed by atoms with Gasteiger partial charge in [0.1, 0.15) is 5.82 Å². The molecule has 30 heavy (non-hydrogen) atoms. The molecule has 0 bridgehead atoms. The lowest BCUT2D eigenvalue weighted by Crippen LogP contribution is -2.28. The van der Waals surface area contributed by atoms with E-state index in [1.807, 2.05) is 67.6 Å². The van der Waals surface area contributed by atoms with E-state index in [4.69, 9.17) is 5.10 Å². The summed E-state index contributed by atoms with van der Waals surface area (Å²) in [6, 6.07) is 24.7. The summed E-state index contributed by atoms with van der Waals surface area (Å²) in [6.07, 6.45) is 1.42. The molecule has 2 aromatic carbocycles. The van der Waals surface area contributed by atoms with Crippen molar-refractivity contribution in [3.63, 3.8) is 0 Å². The van der Waals surface area contributed by atoms with Crippen molar-refractivity contribution in [1.82, 2.24) is 9.78 Å². The standard InChI is InChI=1S/C23H20N4O2S/c1-17-10-12-18(13-11-17)20-15-21(27(25-20)19-7-3-2-4-8-19)24-22(28)16-30-23-9-5-6-14-26(23)29/h2-15H,16H2,1H3,(H,24,28). The van der Waals surface area contributed by atoms with Crippen LogP contribution in [-0.4, -0.2) is 21.4 Å². The largest absolute Gasteiger partial charge is 0.618 e. The summed E-state index contributed by atoms with van der Waals surface area (Å²) in [7, 11) is 0. The van der Waals surface area contributed by atoms with Gasteiger partial charge in [0.05, 0.1) is 17.1 Å². The highest BCUT2D eigenvalue weighted by atomic mass is 32.2. The minimum atomic E-state index is -0.212. The van der Waals surface area contributed by atoms with Crippen LogP contribution in [0.25, 0.3) is 16.9 Å². The number of aryl methyl sites for hydroxylation is 1. The number of thioether (sulfide) groups is 1. The first-order chi connectivity index (χ1) is 14.6. The van der Waals surface area contributed by atoms with E-state index < -0.39 is 0 Å². The van der Waals surface area contributed by atoms with Crippen molar-refractivity contribution in [3.05, 3.63) is 95.8 Å². The third-order valence-electron chi connectivity index (χ3n) is 4.46. The van der Waals surface area contributed by atoms with Crippen molar-refractivity contribution in [2.45, 2.75) is 11.9 Å². The number of hydrogen-bond acceptors (Lipinski definition) is 4. The first-order valence-electron chi connectivity index (χ1n) is 9.43. The lowest BCUT2D eigenvalue weighted by Gasteiger charge is -2.08. The number of rotatable bonds is 6. The number of anilines is 1. The van der Waals surface area contributed by atoms with Gasteiger partial charge in [-0.2, -0.15) is 9.83 Å². The molecule has 4 aromatic rings. The Hall–Kier alpha value is -3.58. The molecule has 0 aliphatic carbocycles. The minimum Gasteiger partial charge on any atom is -0.618 e. The molecule has 0 aliphatic heterocycles. The molecule has 2 heterocycles. The number of aromatic nitrogens is 3. The van der Waals surface area contributed by atoms with E-state index in [-0.39, 0.29) is 11.7 Å². The quantitative estimate of drug-likeness (QED) is 0.290. The lowest BCUT2D eigenvalue weighted by molar-refractivity contribution is -0.645. The molecule has 7 heteroatoms. The van der Waals surface area contributed by atoms with Crippen LogP contribution in [0.5, 0.6) is 0 Å². The molecule has 1 N–H and O–H groups in total. The molecule has 0 atom stereocenters. The van der Waals surface area contributed by atoms with Gasteiger partial charge in [-0.1, -0.05) is 48.0 Å². The molecular weight excluding hydrogens is 396 g/mol. The molecule has 6 nitrogen and oxygen atoms in total. The molecule has 0 fully saturated rings. The number of amides is 1. The highest BCUT2D eigenvalue weighted by Crippen LogP contribution is 2.25. The van der Waals surface area contributed by atoms with Crippen molar-refractivity contribution >= 4 is 23.5 Å². The SMILES string of the molecule is Cc1ccc(-c2cc(NC(=O)CSc3cccc[n+]3[O-])n(-c3ccccc3)n2)cc1. The average Bonchev–Trinajstić information content (AvgIpc) is 3.18. The van der Waals surface area contributed by atoms with Crippen LogP contribution in [-0.2, 0) is 4.79 Å². The topological polar surface area (TPSA) is 73.9 Å². The van der Waals surface area contributed by atoms with Gasteiger partial charge in [0.15, 0.2) is 6.20 Å². The molecule has 1 amide bonds. The maximum Gasteiger partial charge on any atom is 0.251 e. The molecule has 0 saturated heterocycles. The third kappa shape index (κ3) is 4.52. The van der Waals surface area contributed by atoms with Crippen molar-refractivity contribution in [3.8, 4) is 16.9 Å². The Bertz CT molecular complexity index is 1160. The highest BCUT2D eigenvalue weighted by Gasteiger charge is 2.15. The Balaban J connectivity index is 1.58. The second-order valence-corrected chi connectivity index (χ2v) is 7.73. The molecule has 0 aliphatic rings. The Morgan fingerprint density at radius 2 is 1.80 bits per heavy atom. The monoisotopic (exact) mass is 416 g/mol. The number of nitrogens with one attached hydrogen (secondary N) is 1. The normalized spacial score (nSPS) is 10.7. The summed E-state index contributed by atoms with van der Waals surface area (Å²) in [5, 5.41) is 19.9. The van der Waals surface area contributed by atoms with Crippen LogP contribution >= 0.6 is 11.8 Å². The zero-order valence-electron chi connectivity index (χ0n) is 16.4. The fraction of sp³-hybridized carbons (Fsp3) is 0.0870. The Labute approximate surface area is 178 Å². The number of nitrogens with zero attached hydrogens (tertiary/aromatic N) is 3. The molecule has 2 aromatic heterocycles. The molecule has 150 valence electrons. The zero-order chi connectivity index (χ0) is 20.9. The van der Waals surface area contributed by atoms with Crippen molar-refractivity contribution in [2.24, 2.45) is 0 Å². The average molecular weight is 417 g/mol. The van der Waals surface area contributed by atoms with Crippen molar-refractivity contribution in [2.75, 3.05) is 11.1 Å². The smallest absolute Gasteiger partial charge is 0.251 e. The Morgan fingerprint density at radius 3 is 2.53 bits per heavy atom. The third-order valence-corrected chi connectivity index (χ3v) is 5.48. The van der Waals surface area contributed by atoms with E-state index in [0.29, 0.717) is 10.8 Å². The summed E-state index contributed by atoms with van der Waals surface area (Å²) < 4.78 is 2.47. The number of carbonyl (C=O) groups is 1. The molecule has 0 radical (unpaired) electrons. The molecule has 0 saturated carbocycles. The van der Waals surface area contributed by atoms with Crippen LogP contribution < -0.4 is 10.0 Å². The summed E-state index contributed by atoms with van der Waals surface area (Å²) in [5.74, 6) is 0.480. The highest BCUT2D eigenvalue weighted by molar-refractivity contribution is 7.99. The second kappa shape index (κ2) is 8.84. The zero-order valence-corrected chi connectivity index (χ0v) is 17.2. The van der Waals surface area contributed by atoms with Gasteiger partial charge in [-0.25, -0.2) is 4.68 Å². The van der Waals surface area contributed by atoms with E-state index >= 15 is 0 Å². The van der Waals surface area contributed by atoms with Crippen LogP contribution in [0.15, 0.2) is 90.1 Å². The predicted molar refractivity (Wildman–Crippen MR) is 118 cm³/mol. The molecular formula is C23H20N4O2S. The van der Waals surface area contributed by atoms with E-state index in [1.165, 1.54) is 23.5 Å². The minimum absolute atomic E-state index is 0.117. The van der Waals surface area contributed by atoms with Crippen LogP contribution in [0.3, 0.4) is 0 Å². The summed E-state index contributed by atoms with van der Waals surface area (Å²) in [4.78, 5) is 12.6. The van der Waals surface area contributed by atoms with Gasteiger partial charge in [0, 0.05) is 23.8 Å². The number of carbonyl (C=O) groups excluding carboxylic acids is 1. The van der Waals surface area contributed by atoms with Gasteiger partial charge in [-0.15, -0.1) is 0 Å². The van der Waals surface area contributed by atoms with Gasteiger partial charge in [0.25, 0.3) is 5.03 Å². The fourth-order valence-corrected chi connectivity index (χ4v) is 3.66. The van der Waals surface area contributed by atoms with E-state index in [0.717, 1.165) is 21.7 Å². The van der Waals surface area contributed by atoms with Crippen molar-refractivity contribution < 1.29 is 9.52 Å². The summed E-state index contributed by atoms with van der Waals surface area (Å²) in [6.45, 7) is 2.04. The first kappa shape index (κ1) is 19.7. The number of benzene rings is 2. The van der Waals surface area contributed by atoms with E-state index in [9.17, 15) is 10.0 Å². The van der Waals surface area contributed by atoms with Crippen LogP contribution in [0, 0.1) is 12.1 Å². The molecule has 0 spiro atoms. The number of hydrogen-bond donors (Lipinski definition) is 1. The Kier molecular flexibility index (Phi) is 5.81. The van der Waals surface area contributed by atoms with Crippen LogP contribution in [0.1, 0.15) is 5.56 Å². The summed E-state index contributed by atoms with van der Waals surface area (Å²) in [5.41, 5.74) is 3.75. The summed E-state index contributed by atoms with van der Waals surface area (Å²) >= 11 is 1.19. The molecule has 0 unspecified atom stereocenters.